The number of amides is 1. The van der Waals surface area contributed by atoms with Gasteiger partial charge in [0.25, 0.3) is 0 Å². The van der Waals surface area contributed by atoms with Crippen molar-refractivity contribution in [1.29, 1.82) is 5.26 Å². The topological polar surface area (TPSA) is 87.5 Å². The molecule has 0 aromatic carbocycles. The fraction of sp³-hybridized carbons (Fsp3) is 0.611. The van der Waals surface area contributed by atoms with Gasteiger partial charge in [-0.05, 0) is 30.9 Å². The largest absolute Gasteiger partial charge is 0.381 e. The monoisotopic (exact) mass is 344 g/mol. The lowest BCUT2D eigenvalue weighted by Gasteiger charge is -2.35. The Morgan fingerprint density at radius 2 is 2.04 bits per heavy atom. The second-order valence-electron chi connectivity index (χ2n) is 6.39. The number of nitrogens with one attached hydrogen (secondary N) is 1. The molecule has 1 atom stereocenters. The Kier molecular flexibility index (Phi) is 6.20. The molecule has 134 valence electrons. The molecule has 0 spiro atoms. The molecule has 2 aliphatic heterocycles. The molecule has 1 aromatic rings. The first kappa shape index (κ1) is 17.6. The van der Waals surface area contributed by atoms with Crippen LogP contribution in [0.4, 0.5) is 5.82 Å². The predicted octanol–water partition coefficient (Wildman–Crippen LogP) is 1.27. The van der Waals surface area contributed by atoms with Crippen LogP contribution in [-0.2, 0) is 14.3 Å². The molecule has 1 amide bonds. The van der Waals surface area contributed by atoms with E-state index in [1.165, 1.54) is 0 Å². The van der Waals surface area contributed by atoms with Crippen molar-refractivity contribution in [1.82, 2.24) is 9.88 Å². The van der Waals surface area contributed by atoms with Crippen molar-refractivity contribution in [2.24, 2.45) is 11.8 Å². The highest BCUT2D eigenvalue weighted by molar-refractivity contribution is 5.80. The normalized spacial score (nSPS) is 19.9. The number of carbonyl (C=O) groups excluding carboxylic acids is 1. The number of nitrogens with zero attached hydrogens (tertiary/aromatic N) is 3. The molecular formula is C18H24N4O3. The summed E-state index contributed by atoms with van der Waals surface area (Å²) in [5.41, 5.74) is 0.493. The van der Waals surface area contributed by atoms with Gasteiger partial charge in [0.2, 0.25) is 5.91 Å². The van der Waals surface area contributed by atoms with E-state index >= 15 is 0 Å². The summed E-state index contributed by atoms with van der Waals surface area (Å²) in [5, 5.41) is 12.4. The molecule has 3 heterocycles. The summed E-state index contributed by atoms with van der Waals surface area (Å²) in [6, 6.07) is 5.59. The Morgan fingerprint density at radius 3 is 2.76 bits per heavy atom. The zero-order valence-electron chi connectivity index (χ0n) is 14.3. The Labute approximate surface area is 147 Å². The molecule has 0 saturated carbocycles. The summed E-state index contributed by atoms with van der Waals surface area (Å²) in [6.45, 7) is 4.36. The molecule has 7 heteroatoms. The van der Waals surface area contributed by atoms with Gasteiger partial charge in [0.15, 0.2) is 0 Å². The molecular weight excluding hydrogens is 320 g/mol. The Balaban J connectivity index is 1.71. The van der Waals surface area contributed by atoms with Crippen molar-refractivity contribution in [3.63, 3.8) is 0 Å². The van der Waals surface area contributed by atoms with Gasteiger partial charge in [-0.25, -0.2) is 4.98 Å². The minimum Gasteiger partial charge on any atom is -0.381 e. The second kappa shape index (κ2) is 8.79. The van der Waals surface area contributed by atoms with E-state index in [0.29, 0.717) is 57.4 Å². The van der Waals surface area contributed by atoms with Crippen molar-refractivity contribution in [3.05, 3.63) is 23.9 Å². The first-order valence-corrected chi connectivity index (χ1v) is 8.83. The van der Waals surface area contributed by atoms with Crippen molar-refractivity contribution < 1.29 is 14.3 Å². The van der Waals surface area contributed by atoms with Crippen LogP contribution in [0.3, 0.4) is 0 Å². The number of hydrogen-bond acceptors (Lipinski definition) is 6. The second-order valence-corrected chi connectivity index (χ2v) is 6.39. The summed E-state index contributed by atoms with van der Waals surface area (Å²) >= 11 is 0. The van der Waals surface area contributed by atoms with Crippen molar-refractivity contribution >= 4 is 11.7 Å². The van der Waals surface area contributed by atoms with E-state index < -0.39 is 0 Å². The van der Waals surface area contributed by atoms with Gasteiger partial charge in [-0.2, -0.15) is 5.26 Å². The molecule has 1 unspecified atom stereocenters. The smallest absolute Gasteiger partial charge is 0.227 e. The Bertz CT molecular complexity index is 619. The molecule has 0 aliphatic carbocycles. The van der Waals surface area contributed by atoms with E-state index in [0.717, 1.165) is 12.8 Å². The van der Waals surface area contributed by atoms with Gasteiger partial charge in [0.1, 0.15) is 11.9 Å². The maximum absolute atomic E-state index is 13.1. The van der Waals surface area contributed by atoms with Gasteiger partial charge in [-0.1, -0.05) is 0 Å². The molecule has 0 radical (unpaired) electrons. The average Bonchev–Trinajstić information content (AvgIpc) is 2.70. The summed E-state index contributed by atoms with van der Waals surface area (Å²) in [5.74, 6) is 0.843. The molecule has 7 nitrogen and oxygen atoms in total. The number of hydrogen-bond donors (Lipinski definition) is 1. The van der Waals surface area contributed by atoms with Gasteiger partial charge in [0, 0.05) is 39.0 Å². The molecule has 2 saturated heterocycles. The minimum absolute atomic E-state index is 0.143. The van der Waals surface area contributed by atoms with Gasteiger partial charge in [-0.15, -0.1) is 0 Å². The Hall–Kier alpha value is -2.17. The highest BCUT2D eigenvalue weighted by atomic mass is 16.5. The number of rotatable bonds is 5. The van der Waals surface area contributed by atoms with Crippen molar-refractivity contribution in [2.75, 3.05) is 51.4 Å². The van der Waals surface area contributed by atoms with E-state index in [9.17, 15) is 10.1 Å². The van der Waals surface area contributed by atoms with Gasteiger partial charge >= 0.3 is 0 Å². The zero-order valence-corrected chi connectivity index (χ0v) is 14.3. The third-order valence-electron chi connectivity index (χ3n) is 4.89. The third-order valence-corrected chi connectivity index (χ3v) is 4.89. The number of nitriles is 1. The summed E-state index contributed by atoms with van der Waals surface area (Å²) < 4.78 is 10.8. The van der Waals surface area contributed by atoms with Crippen molar-refractivity contribution in [2.45, 2.75) is 12.8 Å². The number of ether oxygens (including phenoxy) is 2. The number of morpholine rings is 1. The van der Waals surface area contributed by atoms with Crippen molar-refractivity contribution in [3.8, 4) is 6.07 Å². The highest BCUT2D eigenvalue weighted by Gasteiger charge is 2.33. The number of aromatic nitrogens is 1. The summed E-state index contributed by atoms with van der Waals surface area (Å²) in [4.78, 5) is 19.2. The Morgan fingerprint density at radius 1 is 1.32 bits per heavy atom. The van der Waals surface area contributed by atoms with Gasteiger partial charge in [0.05, 0.1) is 24.7 Å². The molecule has 25 heavy (non-hydrogen) atoms. The number of anilines is 1. The highest BCUT2D eigenvalue weighted by Crippen LogP contribution is 2.26. The maximum Gasteiger partial charge on any atom is 0.227 e. The molecule has 1 aromatic heterocycles. The molecule has 2 fully saturated rings. The quantitative estimate of drug-likeness (QED) is 0.865. The zero-order chi connectivity index (χ0) is 17.5. The van der Waals surface area contributed by atoms with Crippen LogP contribution in [0.1, 0.15) is 18.4 Å². The third kappa shape index (κ3) is 4.47. The van der Waals surface area contributed by atoms with Crippen LogP contribution in [0.25, 0.3) is 0 Å². The first-order chi connectivity index (χ1) is 12.3. The van der Waals surface area contributed by atoms with E-state index in [-0.39, 0.29) is 17.7 Å². The minimum atomic E-state index is -0.143. The lowest BCUT2D eigenvalue weighted by Crippen LogP contribution is -2.48. The lowest BCUT2D eigenvalue weighted by atomic mass is 9.84. The average molecular weight is 344 g/mol. The molecule has 1 N–H and O–H groups in total. The van der Waals surface area contributed by atoms with Crippen LogP contribution in [0.5, 0.6) is 0 Å². The lowest BCUT2D eigenvalue weighted by molar-refractivity contribution is -0.142. The SMILES string of the molecule is N#Cc1cccnc1NCC(C(=O)N1CCOCC1)C1CCOCC1. The van der Waals surface area contributed by atoms with Crippen LogP contribution in [0, 0.1) is 23.2 Å². The predicted molar refractivity (Wildman–Crippen MR) is 91.9 cm³/mol. The molecule has 3 rings (SSSR count). The van der Waals surface area contributed by atoms with Crippen LogP contribution in [0.15, 0.2) is 18.3 Å². The van der Waals surface area contributed by atoms with Gasteiger partial charge < -0.3 is 19.7 Å². The fourth-order valence-electron chi connectivity index (χ4n) is 3.44. The summed E-state index contributed by atoms with van der Waals surface area (Å²) in [7, 11) is 0. The van der Waals surface area contributed by atoms with E-state index in [4.69, 9.17) is 9.47 Å². The molecule has 2 aliphatic rings. The van der Waals surface area contributed by atoms with Crippen LogP contribution in [-0.4, -0.2) is 61.9 Å². The van der Waals surface area contributed by atoms with E-state index in [1.54, 1.807) is 18.3 Å². The van der Waals surface area contributed by atoms with E-state index in [1.807, 2.05) is 4.90 Å². The van der Waals surface area contributed by atoms with E-state index in [2.05, 4.69) is 16.4 Å². The summed E-state index contributed by atoms with van der Waals surface area (Å²) in [6.07, 6.45) is 3.42. The maximum atomic E-state index is 13.1. The van der Waals surface area contributed by atoms with Crippen LogP contribution < -0.4 is 5.32 Å². The van der Waals surface area contributed by atoms with Crippen LogP contribution >= 0.6 is 0 Å². The first-order valence-electron chi connectivity index (χ1n) is 8.83. The fourth-order valence-corrected chi connectivity index (χ4v) is 3.44. The van der Waals surface area contributed by atoms with Gasteiger partial charge in [-0.3, -0.25) is 4.79 Å². The number of carbonyl (C=O) groups is 1. The number of pyridine rings is 1. The molecule has 0 bridgehead atoms. The standard InChI is InChI=1S/C18H24N4O3/c19-12-15-2-1-5-20-17(15)21-13-16(14-3-8-24-9-4-14)18(23)22-6-10-25-11-7-22/h1-2,5,14,16H,3-4,6-11,13H2,(H,20,21). The van der Waals surface area contributed by atoms with Crippen LogP contribution in [0.2, 0.25) is 0 Å².